The number of aromatic nitrogens is 3. The average Bonchev–Trinajstić information content (AvgIpc) is 3.43. The summed E-state index contributed by atoms with van der Waals surface area (Å²) in [6.45, 7) is 0. The molecule has 0 saturated carbocycles. The van der Waals surface area contributed by atoms with Crippen LogP contribution in [0.5, 0.6) is 0 Å². The van der Waals surface area contributed by atoms with Gasteiger partial charge in [-0.25, -0.2) is 15.0 Å². The van der Waals surface area contributed by atoms with E-state index in [0.29, 0.717) is 17.5 Å². The van der Waals surface area contributed by atoms with Gasteiger partial charge in [-0.1, -0.05) is 115 Å². The molecule has 8 rings (SSSR count). The Morgan fingerprint density at radius 3 is 1.54 bits per heavy atom. The molecule has 0 unspecified atom stereocenters. The molecule has 41 heavy (non-hydrogen) atoms. The summed E-state index contributed by atoms with van der Waals surface area (Å²) < 4.78 is 2.63. The summed E-state index contributed by atoms with van der Waals surface area (Å²) in [5.74, 6) is 1.99. The molecule has 0 aliphatic carbocycles. The lowest BCUT2D eigenvalue weighted by atomic mass is 9.94. The minimum atomic E-state index is 0.664. The van der Waals surface area contributed by atoms with Crippen molar-refractivity contribution in [1.82, 2.24) is 15.0 Å². The fourth-order valence-electron chi connectivity index (χ4n) is 5.57. The van der Waals surface area contributed by atoms with Crippen LogP contribution in [0.15, 0.2) is 140 Å². The third-order valence-corrected chi connectivity index (χ3v) is 8.70. The lowest BCUT2D eigenvalue weighted by Crippen LogP contribution is -2.00. The minimum absolute atomic E-state index is 0.664. The average molecular weight is 542 g/mol. The molecule has 0 bridgehead atoms. The molecule has 0 spiro atoms. The van der Waals surface area contributed by atoms with Gasteiger partial charge in [-0.3, -0.25) is 0 Å². The van der Waals surface area contributed by atoms with Crippen LogP contribution in [0.4, 0.5) is 0 Å². The Hall–Kier alpha value is -5.19. The van der Waals surface area contributed by atoms with E-state index in [1.165, 1.54) is 36.7 Å². The van der Waals surface area contributed by atoms with Crippen LogP contribution in [0.3, 0.4) is 0 Å². The van der Waals surface area contributed by atoms with Crippen LogP contribution in [0.2, 0.25) is 0 Å². The Kier molecular flexibility index (Phi) is 5.64. The van der Waals surface area contributed by atoms with Crippen molar-refractivity contribution in [2.45, 2.75) is 0 Å². The van der Waals surface area contributed by atoms with Crippen molar-refractivity contribution in [3.05, 3.63) is 140 Å². The Balaban J connectivity index is 1.33. The summed E-state index contributed by atoms with van der Waals surface area (Å²) in [7, 11) is 0. The first-order valence-electron chi connectivity index (χ1n) is 13.6. The largest absolute Gasteiger partial charge is 0.208 e. The minimum Gasteiger partial charge on any atom is -0.208 e. The molecule has 8 aromatic rings. The predicted molar refractivity (Wildman–Crippen MR) is 172 cm³/mol. The summed E-state index contributed by atoms with van der Waals surface area (Å²) in [6.07, 6.45) is 0. The van der Waals surface area contributed by atoms with Crippen molar-refractivity contribution in [2.24, 2.45) is 0 Å². The zero-order valence-electron chi connectivity index (χ0n) is 22.0. The molecule has 6 aromatic carbocycles. The van der Waals surface area contributed by atoms with E-state index in [4.69, 9.17) is 15.0 Å². The van der Waals surface area contributed by atoms with E-state index in [2.05, 4.69) is 78.9 Å². The third kappa shape index (κ3) is 4.17. The van der Waals surface area contributed by atoms with Gasteiger partial charge in [-0.15, -0.1) is 11.3 Å². The van der Waals surface area contributed by atoms with Gasteiger partial charge < -0.3 is 0 Å². The lowest BCUT2D eigenvalue weighted by molar-refractivity contribution is 1.08. The lowest BCUT2D eigenvalue weighted by Gasteiger charge is -2.13. The summed E-state index contributed by atoms with van der Waals surface area (Å²) in [4.78, 5) is 14.9. The summed E-state index contributed by atoms with van der Waals surface area (Å²) >= 11 is 1.85. The number of nitrogens with zero attached hydrogens (tertiary/aromatic N) is 3. The van der Waals surface area contributed by atoms with Crippen molar-refractivity contribution in [1.29, 1.82) is 0 Å². The Labute approximate surface area is 241 Å². The van der Waals surface area contributed by atoms with Crippen molar-refractivity contribution < 1.29 is 0 Å². The molecule has 0 amide bonds. The monoisotopic (exact) mass is 541 g/mol. The fraction of sp³-hybridized carbons (Fsp3) is 0. The molecule has 192 valence electrons. The molecular weight excluding hydrogens is 518 g/mol. The SMILES string of the molecule is c1ccc(-c2nc(-c3ccccc3)nc(-c3ccc(-c4ccc5sc6ccccc6c5c4)c4ccccc34)n2)cc1. The first-order valence-corrected chi connectivity index (χ1v) is 14.4. The van der Waals surface area contributed by atoms with Crippen LogP contribution in [0.25, 0.3) is 76.2 Å². The van der Waals surface area contributed by atoms with Crippen molar-refractivity contribution in [3.8, 4) is 45.3 Å². The normalized spacial score (nSPS) is 11.4. The molecule has 0 aliphatic heterocycles. The topological polar surface area (TPSA) is 38.7 Å². The molecule has 0 aliphatic rings. The number of thiophene rings is 1. The number of benzene rings is 6. The maximum absolute atomic E-state index is 5.00. The van der Waals surface area contributed by atoms with Crippen LogP contribution in [-0.4, -0.2) is 15.0 Å². The van der Waals surface area contributed by atoms with E-state index in [0.717, 1.165) is 22.1 Å². The Bertz CT molecular complexity index is 2140. The highest BCUT2D eigenvalue weighted by molar-refractivity contribution is 7.25. The number of rotatable bonds is 4. The maximum Gasteiger partial charge on any atom is 0.164 e. The van der Waals surface area contributed by atoms with E-state index in [1.807, 2.05) is 72.0 Å². The van der Waals surface area contributed by atoms with Crippen molar-refractivity contribution in [2.75, 3.05) is 0 Å². The first kappa shape index (κ1) is 23.7. The second-order valence-corrected chi connectivity index (χ2v) is 11.1. The molecular formula is C37H23N3S. The molecule has 4 heteroatoms. The highest BCUT2D eigenvalue weighted by atomic mass is 32.1. The zero-order chi connectivity index (χ0) is 27.2. The van der Waals surface area contributed by atoms with Crippen LogP contribution in [0.1, 0.15) is 0 Å². The zero-order valence-corrected chi connectivity index (χ0v) is 22.8. The van der Waals surface area contributed by atoms with Crippen LogP contribution < -0.4 is 0 Å². The summed E-state index contributed by atoms with van der Waals surface area (Å²) in [6, 6.07) is 48.6. The third-order valence-electron chi connectivity index (χ3n) is 7.55. The molecule has 0 fully saturated rings. The van der Waals surface area contributed by atoms with Gasteiger partial charge in [0.25, 0.3) is 0 Å². The fourth-order valence-corrected chi connectivity index (χ4v) is 6.65. The molecule has 3 nitrogen and oxygen atoms in total. The van der Waals surface area contributed by atoms with Gasteiger partial charge in [0.2, 0.25) is 0 Å². The van der Waals surface area contributed by atoms with Gasteiger partial charge in [0.05, 0.1) is 0 Å². The standard InChI is InChI=1S/C37H23N3S/c1-3-11-24(12-4-1)35-38-36(25-13-5-2-6-14-25)40-37(39-35)31-21-20-27(28-15-7-8-16-29(28)31)26-19-22-34-32(23-26)30-17-9-10-18-33(30)41-34/h1-23H. The van der Waals surface area contributed by atoms with E-state index in [-0.39, 0.29) is 0 Å². The Morgan fingerprint density at radius 1 is 0.341 bits per heavy atom. The molecule has 0 radical (unpaired) electrons. The second kappa shape index (κ2) is 9.77. The Morgan fingerprint density at radius 2 is 0.854 bits per heavy atom. The number of fused-ring (bicyclic) bond motifs is 4. The smallest absolute Gasteiger partial charge is 0.164 e. The van der Waals surface area contributed by atoms with E-state index in [1.54, 1.807) is 0 Å². The van der Waals surface area contributed by atoms with Crippen LogP contribution >= 0.6 is 11.3 Å². The van der Waals surface area contributed by atoms with Gasteiger partial charge in [0, 0.05) is 36.9 Å². The van der Waals surface area contributed by atoms with Gasteiger partial charge >= 0.3 is 0 Å². The van der Waals surface area contributed by atoms with Gasteiger partial charge in [-0.2, -0.15) is 0 Å². The predicted octanol–water partition coefficient (Wildman–Crippen LogP) is 10.1. The van der Waals surface area contributed by atoms with Crippen molar-refractivity contribution >= 4 is 42.3 Å². The van der Waals surface area contributed by atoms with E-state index >= 15 is 0 Å². The molecule has 0 N–H and O–H groups in total. The van der Waals surface area contributed by atoms with Gasteiger partial charge in [0.1, 0.15) is 0 Å². The van der Waals surface area contributed by atoms with Gasteiger partial charge in [-0.05, 0) is 46.2 Å². The quantitative estimate of drug-likeness (QED) is 0.222. The van der Waals surface area contributed by atoms with E-state index in [9.17, 15) is 0 Å². The second-order valence-electron chi connectivity index (χ2n) is 10.1. The van der Waals surface area contributed by atoms with Crippen LogP contribution in [0, 0.1) is 0 Å². The number of hydrogen-bond donors (Lipinski definition) is 0. The summed E-state index contributed by atoms with van der Waals surface area (Å²) in [5, 5.41) is 4.90. The van der Waals surface area contributed by atoms with Gasteiger partial charge in [0.15, 0.2) is 17.5 Å². The highest BCUT2D eigenvalue weighted by Crippen LogP contribution is 2.39. The molecule has 0 saturated heterocycles. The molecule has 0 atom stereocenters. The van der Waals surface area contributed by atoms with E-state index < -0.39 is 0 Å². The highest BCUT2D eigenvalue weighted by Gasteiger charge is 2.16. The molecule has 2 heterocycles. The summed E-state index contributed by atoms with van der Waals surface area (Å²) in [5.41, 5.74) is 5.32. The maximum atomic E-state index is 5.00. The number of hydrogen-bond acceptors (Lipinski definition) is 4. The first-order chi connectivity index (χ1) is 20.3. The van der Waals surface area contributed by atoms with Crippen molar-refractivity contribution in [3.63, 3.8) is 0 Å². The molecule has 2 aromatic heterocycles. The van der Waals surface area contributed by atoms with Crippen LogP contribution in [-0.2, 0) is 0 Å².